The predicted octanol–water partition coefficient (Wildman–Crippen LogP) is 4.27. The molecule has 0 saturated heterocycles. The highest BCUT2D eigenvalue weighted by Gasteiger charge is 2.32. The number of aromatic nitrogens is 2. The maximum atomic E-state index is 6.28. The molecule has 1 heterocycles. The molecule has 3 nitrogen and oxygen atoms in total. The van der Waals surface area contributed by atoms with Crippen molar-refractivity contribution in [3.05, 3.63) is 17.0 Å². The van der Waals surface area contributed by atoms with E-state index in [1.807, 2.05) is 0 Å². The average molecular weight is 282 g/mol. The molecule has 0 N–H and O–H groups in total. The SMILES string of the molecule is CC(C)CCN(c1ncnc(Cl)c1C(C)C)C1CC1. The van der Waals surface area contributed by atoms with Crippen LogP contribution in [0.3, 0.4) is 0 Å². The van der Waals surface area contributed by atoms with Gasteiger partial charge in [0.1, 0.15) is 17.3 Å². The minimum atomic E-state index is 0.351. The van der Waals surface area contributed by atoms with Gasteiger partial charge in [-0.3, -0.25) is 0 Å². The first-order valence-electron chi connectivity index (χ1n) is 7.27. The average Bonchev–Trinajstić information content (AvgIpc) is 3.12. The number of nitrogens with zero attached hydrogens (tertiary/aromatic N) is 3. The zero-order valence-electron chi connectivity index (χ0n) is 12.4. The maximum absolute atomic E-state index is 6.28. The van der Waals surface area contributed by atoms with Crippen LogP contribution in [0.4, 0.5) is 5.82 Å². The molecule has 0 unspecified atom stereocenters. The normalized spacial score (nSPS) is 15.3. The van der Waals surface area contributed by atoms with Crippen LogP contribution in [0, 0.1) is 5.92 Å². The lowest BCUT2D eigenvalue weighted by Crippen LogP contribution is -2.30. The highest BCUT2D eigenvalue weighted by atomic mass is 35.5. The van der Waals surface area contributed by atoms with E-state index in [0.717, 1.165) is 17.9 Å². The number of rotatable bonds is 6. The van der Waals surface area contributed by atoms with Crippen LogP contribution in [-0.4, -0.2) is 22.6 Å². The second-order valence-electron chi connectivity index (χ2n) is 6.16. The van der Waals surface area contributed by atoms with E-state index in [2.05, 4.69) is 42.6 Å². The summed E-state index contributed by atoms with van der Waals surface area (Å²) in [6.07, 6.45) is 5.33. The minimum Gasteiger partial charge on any atom is -0.353 e. The molecule has 2 rings (SSSR count). The third kappa shape index (κ3) is 3.59. The summed E-state index contributed by atoms with van der Waals surface area (Å²) in [6, 6.07) is 0.655. The Labute approximate surface area is 121 Å². The Morgan fingerprint density at radius 2 is 1.95 bits per heavy atom. The first-order valence-corrected chi connectivity index (χ1v) is 7.65. The van der Waals surface area contributed by atoms with Crippen molar-refractivity contribution < 1.29 is 0 Å². The van der Waals surface area contributed by atoms with E-state index in [4.69, 9.17) is 11.6 Å². The summed E-state index contributed by atoms with van der Waals surface area (Å²) in [5, 5.41) is 0.607. The molecule has 0 spiro atoms. The van der Waals surface area contributed by atoms with Crippen LogP contribution in [0.15, 0.2) is 6.33 Å². The lowest BCUT2D eigenvalue weighted by atomic mass is 10.0. The van der Waals surface area contributed by atoms with Gasteiger partial charge < -0.3 is 4.90 Å². The number of halogens is 1. The van der Waals surface area contributed by atoms with Crippen LogP contribution < -0.4 is 4.90 Å². The Bertz CT molecular complexity index is 427. The lowest BCUT2D eigenvalue weighted by Gasteiger charge is -2.27. The molecule has 4 heteroatoms. The summed E-state index contributed by atoms with van der Waals surface area (Å²) in [5.74, 6) is 2.11. The van der Waals surface area contributed by atoms with Gasteiger partial charge in [-0.2, -0.15) is 0 Å². The molecule has 0 amide bonds. The molecule has 0 radical (unpaired) electrons. The van der Waals surface area contributed by atoms with Gasteiger partial charge in [-0.15, -0.1) is 0 Å². The summed E-state index contributed by atoms with van der Waals surface area (Å²) in [4.78, 5) is 11.1. The maximum Gasteiger partial charge on any atom is 0.138 e. The Morgan fingerprint density at radius 1 is 1.26 bits per heavy atom. The molecule has 1 aromatic rings. The van der Waals surface area contributed by atoms with Gasteiger partial charge in [-0.1, -0.05) is 39.3 Å². The van der Waals surface area contributed by atoms with Crippen LogP contribution in [0.2, 0.25) is 5.15 Å². The van der Waals surface area contributed by atoms with Crippen molar-refractivity contribution in [2.24, 2.45) is 5.92 Å². The quantitative estimate of drug-likeness (QED) is 0.729. The lowest BCUT2D eigenvalue weighted by molar-refractivity contribution is 0.566. The van der Waals surface area contributed by atoms with E-state index in [0.29, 0.717) is 23.0 Å². The van der Waals surface area contributed by atoms with Gasteiger partial charge in [0.15, 0.2) is 0 Å². The van der Waals surface area contributed by atoms with Crippen molar-refractivity contribution in [1.29, 1.82) is 0 Å². The van der Waals surface area contributed by atoms with Gasteiger partial charge in [-0.05, 0) is 31.1 Å². The second kappa shape index (κ2) is 6.08. The summed E-state index contributed by atoms with van der Waals surface area (Å²) in [6.45, 7) is 9.90. The van der Waals surface area contributed by atoms with Crippen molar-refractivity contribution in [2.45, 2.75) is 58.9 Å². The van der Waals surface area contributed by atoms with Crippen molar-refractivity contribution in [3.63, 3.8) is 0 Å². The molecule has 1 fully saturated rings. The zero-order valence-corrected chi connectivity index (χ0v) is 13.1. The molecule has 106 valence electrons. The van der Waals surface area contributed by atoms with Crippen LogP contribution in [-0.2, 0) is 0 Å². The van der Waals surface area contributed by atoms with E-state index in [1.165, 1.54) is 19.3 Å². The van der Waals surface area contributed by atoms with E-state index >= 15 is 0 Å². The zero-order chi connectivity index (χ0) is 14.0. The third-order valence-electron chi connectivity index (χ3n) is 3.60. The number of hydrogen-bond donors (Lipinski definition) is 0. The van der Waals surface area contributed by atoms with Gasteiger partial charge in [-0.25, -0.2) is 9.97 Å². The van der Waals surface area contributed by atoms with Gasteiger partial charge in [0.2, 0.25) is 0 Å². The fourth-order valence-corrected chi connectivity index (χ4v) is 2.68. The third-order valence-corrected chi connectivity index (χ3v) is 3.90. The van der Waals surface area contributed by atoms with Crippen molar-refractivity contribution in [3.8, 4) is 0 Å². The topological polar surface area (TPSA) is 29.0 Å². The molecule has 0 aliphatic heterocycles. The van der Waals surface area contributed by atoms with Crippen molar-refractivity contribution in [1.82, 2.24) is 9.97 Å². The highest BCUT2D eigenvalue weighted by molar-refractivity contribution is 6.30. The summed E-state index contributed by atoms with van der Waals surface area (Å²) < 4.78 is 0. The molecule has 1 saturated carbocycles. The van der Waals surface area contributed by atoms with E-state index in [9.17, 15) is 0 Å². The van der Waals surface area contributed by atoms with Crippen molar-refractivity contribution in [2.75, 3.05) is 11.4 Å². The van der Waals surface area contributed by atoms with Crippen LogP contribution >= 0.6 is 11.6 Å². The molecule has 0 aromatic carbocycles. The smallest absolute Gasteiger partial charge is 0.138 e. The van der Waals surface area contributed by atoms with Crippen LogP contribution in [0.25, 0.3) is 0 Å². The standard InChI is InChI=1S/C15H24ClN3/c1-10(2)7-8-19(12-5-6-12)15-13(11(3)4)14(16)17-9-18-15/h9-12H,5-8H2,1-4H3. The van der Waals surface area contributed by atoms with Gasteiger partial charge in [0, 0.05) is 18.2 Å². The van der Waals surface area contributed by atoms with Crippen LogP contribution in [0.1, 0.15) is 58.4 Å². The first-order chi connectivity index (χ1) is 9.00. The Kier molecular flexibility index (Phi) is 4.67. The van der Waals surface area contributed by atoms with Gasteiger partial charge >= 0.3 is 0 Å². The molecule has 0 atom stereocenters. The summed E-state index contributed by atoms with van der Waals surface area (Å²) >= 11 is 6.28. The Morgan fingerprint density at radius 3 is 2.47 bits per heavy atom. The monoisotopic (exact) mass is 281 g/mol. The predicted molar refractivity (Wildman–Crippen MR) is 81.0 cm³/mol. The molecule has 1 aliphatic carbocycles. The molecular weight excluding hydrogens is 258 g/mol. The molecule has 0 bridgehead atoms. The molecular formula is C15H24ClN3. The first kappa shape index (κ1) is 14.6. The van der Waals surface area contributed by atoms with Crippen molar-refractivity contribution >= 4 is 17.4 Å². The summed E-state index contributed by atoms with van der Waals surface area (Å²) in [5.41, 5.74) is 1.10. The Balaban J connectivity index is 2.28. The fraction of sp³-hybridized carbons (Fsp3) is 0.733. The fourth-order valence-electron chi connectivity index (χ4n) is 2.34. The Hall–Kier alpha value is -0.830. The highest BCUT2D eigenvalue weighted by Crippen LogP contribution is 2.37. The number of anilines is 1. The molecule has 1 aromatic heterocycles. The van der Waals surface area contributed by atoms with E-state index in [1.54, 1.807) is 6.33 Å². The van der Waals surface area contributed by atoms with Gasteiger partial charge in [0.25, 0.3) is 0 Å². The van der Waals surface area contributed by atoms with Gasteiger partial charge in [0.05, 0.1) is 0 Å². The number of hydrogen-bond acceptors (Lipinski definition) is 3. The minimum absolute atomic E-state index is 0.351. The summed E-state index contributed by atoms with van der Waals surface area (Å²) in [7, 11) is 0. The second-order valence-corrected chi connectivity index (χ2v) is 6.52. The molecule has 1 aliphatic rings. The molecule has 19 heavy (non-hydrogen) atoms. The van der Waals surface area contributed by atoms with E-state index < -0.39 is 0 Å². The van der Waals surface area contributed by atoms with Crippen LogP contribution in [0.5, 0.6) is 0 Å². The van der Waals surface area contributed by atoms with E-state index in [-0.39, 0.29) is 0 Å². The largest absolute Gasteiger partial charge is 0.353 e.